The van der Waals surface area contributed by atoms with Crippen LogP contribution in [0.25, 0.3) is 0 Å². The van der Waals surface area contributed by atoms with Crippen LogP contribution in [0.2, 0.25) is 0 Å². The Morgan fingerprint density at radius 2 is 1.95 bits per heavy atom. The molecule has 1 heterocycles. The van der Waals surface area contributed by atoms with Gasteiger partial charge in [0.05, 0.1) is 0 Å². The minimum Gasteiger partial charge on any atom is -0.356 e. The van der Waals surface area contributed by atoms with Crippen molar-refractivity contribution >= 4 is 5.91 Å². The highest BCUT2D eigenvalue weighted by atomic mass is 16.1. The van der Waals surface area contributed by atoms with E-state index in [1.165, 1.54) is 24.0 Å². The van der Waals surface area contributed by atoms with Crippen LogP contribution in [0.4, 0.5) is 0 Å². The minimum atomic E-state index is 0.288. The van der Waals surface area contributed by atoms with Gasteiger partial charge in [-0.05, 0) is 36.8 Å². The van der Waals surface area contributed by atoms with Crippen LogP contribution in [-0.4, -0.2) is 30.4 Å². The van der Waals surface area contributed by atoms with Gasteiger partial charge in [-0.3, -0.25) is 9.69 Å². The third-order valence-electron chi connectivity index (χ3n) is 4.89. The summed E-state index contributed by atoms with van der Waals surface area (Å²) in [5, 5.41) is 3.12. The Kier molecular flexibility index (Phi) is 4.91. The maximum Gasteiger partial charge on any atom is 0.223 e. The average molecular weight is 286 g/mol. The summed E-state index contributed by atoms with van der Waals surface area (Å²) in [6, 6.07) is 8.75. The molecule has 1 saturated carbocycles. The third-order valence-corrected chi connectivity index (χ3v) is 4.89. The van der Waals surface area contributed by atoms with Crippen LogP contribution in [-0.2, 0) is 17.8 Å². The first kappa shape index (κ1) is 14.6. The van der Waals surface area contributed by atoms with E-state index < -0.39 is 0 Å². The fraction of sp³-hybridized carbons (Fsp3) is 0.611. The van der Waals surface area contributed by atoms with Crippen molar-refractivity contribution < 1.29 is 4.79 Å². The van der Waals surface area contributed by atoms with Crippen molar-refractivity contribution in [2.75, 3.05) is 19.6 Å². The van der Waals surface area contributed by atoms with Gasteiger partial charge in [0, 0.05) is 32.1 Å². The van der Waals surface area contributed by atoms with E-state index in [9.17, 15) is 4.79 Å². The monoisotopic (exact) mass is 286 g/mol. The molecule has 1 amide bonds. The highest BCUT2D eigenvalue weighted by molar-refractivity contribution is 5.78. The Morgan fingerprint density at radius 1 is 1.19 bits per heavy atom. The molecule has 21 heavy (non-hydrogen) atoms. The molecule has 0 radical (unpaired) electrons. The van der Waals surface area contributed by atoms with Crippen LogP contribution in [0, 0.1) is 5.92 Å². The first-order valence-corrected chi connectivity index (χ1v) is 8.40. The summed E-state index contributed by atoms with van der Waals surface area (Å²) in [4.78, 5) is 14.4. The van der Waals surface area contributed by atoms with E-state index in [4.69, 9.17) is 0 Å². The largest absolute Gasteiger partial charge is 0.356 e. The zero-order chi connectivity index (χ0) is 14.5. The van der Waals surface area contributed by atoms with E-state index in [2.05, 4.69) is 34.5 Å². The molecule has 1 aliphatic carbocycles. The van der Waals surface area contributed by atoms with Gasteiger partial charge in [0.25, 0.3) is 0 Å². The van der Waals surface area contributed by atoms with E-state index >= 15 is 0 Å². The Balaban J connectivity index is 1.36. The Labute approximate surface area is 127 Å². The topological polar surface area (TPSA) is 32.3 Å². The van der Waals surface area contributed by atoms with Gasteiger partial charge in [-0.2, -0.15) is 0 Å². The summed E-state index contributed by atoms with van der Waals surface area (Å²) >= 11 is 0. The summed E-state index contributed by atoms with van der Waals surface area (Å²) in [5.41, 5.74) is 2.97. The van der Waals surface area contributed by atoms with Crippen molar-refractivity contribution in [3.63, 3.8) is 0 Å². The highest BCUT2D eigenvalue weighted by Crippen LogP contribution is 2.24. The summed E-state index contributed by atoms with van der Waals surface area (Å²) in [5.74, 6) is 0.586. The molecule has 0 aromatic heterocycles. The normalized spacial score (nSPS) is 19.4. The molecule has 1 aliphatic heterocycles. The molecular weight excluding hydrogens is 260 g/mol. The Morgan fingerprint density at radius 3 is 2.76 bits per heavy atom. The molecule has 1 N–H and O–H groups in total. The lowest BCUT2D eigenvalue weighted by molar-refractivity contribution is -0.124. The van der Waals surface area contributed by atoms with Crippen LogP contribution in [0.15, 0.2) is 24.3 Å². The lowest BCUT2D eigenvalue weighted by Crippen LogP contribution is -2.35. The van der Waals surface area contributed by atoms with Gasteiger partial charge in [0.2, 0.25) is 5.91 Å². The number of nitrogens with one attached hydrogen (secondary N) is 1. The van der Waals surface area contributed by atoms with Gasteiger partial charge in [0.1, 0.15) is 0 Å². The molecular formula is C18H26N2O. The van der Waals surface area contributed by atoms with Crippen molar-refractivity contribution in [3.8, 4) is 0 Å². The second-order valence-electron chi connectivity index (χ2n) is 6.42. The lowest BCUT2D eigenvalue weighted by atomic mass is 10.00. The number of carbonyl (C=O) groups is 1. The van der Waals surface area contributed by atoms with E-state index in [0.29, 0.717) is 5.92 Å². The fourth-order valence-electron chi connectivity index (χ4n) is 3.59. The number of fused-ring (bicyclic) bond motifs is 1. The van der Waals surface area contributed by atoms with Crippen molar-refractivity contribution in [2.45, 2.75) is 45.1 Å². The number of hydrogen-bond acceptors (Lipinski definition) is 2. The second kappa shape index (κ2) is 7.08. The maximum atomic E-state index is 11.9. The Hall–Kier alpha value is -1.35. The minimum absolute atomic E-state index is 0.288. The zero-order valence-corrected chi connectivity index (χ0v) is 12.8. The first-order valence-electron chi connectivity index (χ1n) is 8.40. The third kappa shape index (κ3) is 3.85. The molecule has 114 valence electrons. The quantitative estimate of drug-likeness (QED) is 0.844. The van der Waals surface area contributed by atoms with Crippen molar-refractivity contribution in [3.05, 3.63) is 35.4 Å². The van der Waals surface area contributed by atoms with Crippen molar-refractivity contribution in [1.82, 2.24) is 10.2 Å². The first-order chi connectivity index (χ1) is 10.3. The van der Waals surface area contributed by atoms with Crippen LogP contribution in [0.1, 0.15) is 43.2 Å². The molecule has 0 saturated heterocycles. The van der Waals surface area contributed by atoms with Crippen LogP contribution in [0.3, 0.4) is 0 Å². The smallest absolute Gasteiger partial charge is 0.223 e. The number of amides is 1. The fourth-order valence-corrected chi connectivity index (χ4v) is 3.59. The zero-order valence-electron chi connectivity index (χ0n) is 12.8. The Bertz CT molecular complexity index is 480. The SMILES string of the molecule is O=C(NCCCN1CCc2ccccc2C1)C1CCCC1. The van der Waals surface area contributed by atoms with Gasteiger partial charge >= 0.3 is 0 Å². The molecule has 1 aromatic carbocycles. The average Bonchev–Trinajstić information content (AvgIpc) is 3.06. The number of nitrogens with zero attached hydrogens (tertiary/aromatic N) is 1. The molecule has 3 rings (SSSR count). The molecule has 3 heteroatoms. The number of benzene rings is 1. The summed E-state index contributed by atoms with van der Waals surface area (Å²) in [7, 11) is 0. The van der Waals surface area contributed by atoms with Gasteiger partial charge in [-0.25, -0.2) is 0 Å². The molecule has 3 nitrogen and oxygen atoms in total. The van der Waals surface area contributed by atoms with Gasteiger partial charge in [-0.1, -0.05) is 37.1 Å². The molecule has 1 aromatic rings. The summed E-state index contributed by atoms with van der Waals surface area (Å²) in [6.45, 7) is 4.12. The van der Waals surface area contributed by atoms with E-state index in [1.54, 1.807) is 0 Å². The molecule has 0 spiro atoms. The van der Waals surface area contributed by atoms with Crippen molar-refractivity contribution in [1.29, 1.82) is 0 Å². The standard InChI is InChI=1S/C18H26N2O/c21-18(16-7-2-3-8-16)19-11-5-12-20-13-10-15-6-1-4-9-17(15)14-20/h1,4,6,9,16H,2-3,5,7-8,10-14H2,(H,19,21). The van der Waals surface area contributed by atoms with Crippen molar-refractivity contribution in [2.24, 2.45) is 5.92 Å². The van der Waals surface area contributed by atoms with Crippen LogP contribution >= 0.6 is 0 Å². The van der Waals surface area contributed by atoms with Crippen LogP contribution in [0.5, 0.6) is 0 Å². The lowest BCUT2D eigenvalue weighted by Gasteiger charge is -2.28. The highest BCUT2D eigenvalue weighted by Gasteiger charge is 2.22. The molecule has 0 unspecified atom stereocenters. The maximum absolute atomic E-state index is 11.9. The number of carbonyl (C=O) groups excluding carboxylic acids is 1. The molecule has 0 atom stereocenters. The summed E-state index contributed by atoms with van der Waals surface area (Å²) in [6.07, 6.45) is 6.85. The van der Waals surface area contributed by atoms with E-state index in [-0.39, 0.29) is 5.91 Å². The van der Waals surface area contributed by atoms with Gasteiger partial charge < -0.3 is 5.32 Å². The molecule has 0 bridgehead atoms. The number of rotatable bonds is 5. The predicted molar refractivity (Wildman–Crippen MR) is 85.0 cm³/mol. The second-order valence-corrected chi connectivity index (χ2v) is 6.42. The molecule has 1 fully saturated rings. The van der Waals surface area contributed by atoms with Gasteiger partial charge in [-0.15, -0.1) is 0 Å². The van der Waals surface area contributed by atoms with Crippen LogP contribution < -0.4 is 5.32 Å². The van der Waals surface area contributed by atoms with E-state index in [1.807, 2.05) is 0 Å². The van der Waals surface area contributed by atoms with Gasteiger partial charge in [0.15, 0.2) is 0 Å². The number of hydrogen-bond donors (Lipinski definition) is 1. The van der Waals surface area contributed by atoms with E-state index in [0.717, 1.165) is 51.9 Å². The predicted octanol–water partition coefficient (Wildman–Crippen LogP) is 2.74. The summed E-state index contributed by atoms with van der Waals surface area (Å²) < 4.78 is 0. The molecule has 2 aliphatic rings.